The average Bonchev–Trinajstić information content (AvgIpc) is 1.92. The Labute approximate surface area is 77.6 Å². The van der Waals surface area contributed by atoms with Gasteiger partial charge in [0.2, 0.25) is 0 Å². The van der Waals surface area contributed by atoms with E-state index >= 15 is 0 Å². The molecule has 48 valence electrons. The van der Waals surface area contributed by atoms with Gasteiger partial charge in [-0.25, -0.2) is 0 Å². The van der Waals surface area contributed by atoms with Crippen LogP contribution in [0.5, 0.6) is 0 Å². The van der Waals surface area contributed by atoms with Crippen LogP contribution in [0.25, 0.3) is 0 Å². The summed E-state index contributed by atoms with van der Waals surface area (Å²) < 4.78 is 22.2. The molecule has 0 bridgehead atoms. The molecule has 0 N–H and O–H groups in total. The molecular formula is C7H6ClI. The molecule has 0 unspecified atom stereocenters. The summed E-state index contributed by atoms with van der Waals surface area (Å²) in [6, 6.07) is 4.75. The fourth-order valence-electron chi connectivity index (χ4n) is 0.496. The molecule has 0 nitrogen and oxygen atoms in total. The van der Waals surface area contributed by atoms with E-state index < -0.39 is 6.85 Å². The zero-order chi connectivity index (χ0) is 9.35. The van der Waals surface area contributed by atoms with Crippen LogP contribution in [-0.4, -0.2) is 0 Å². The van der Waals surface area contributed by atoms with E-state index in [1.165, 1.54) is 6.07 Å². The van der Waals surface area contributed by atoms with E-state index in [9.17, 15) is 0 Å². The molecule has 9 heavy (non-hydrogen) atoms. The van der Waals surface area contributed by atoms with Crippen LogP contribution in [0.2, 0.25) is 5.02 Å². The molecule has 0 atom stereocenters. The van der Waals surface area contributed by atoms with E-state index in [1.54, 1.807) is 12.1 Å². The van der Waals surface area contributed by atoms with Crippen molar-refractivity contribution in [1.82, 2.24) is 0 Å². The summed E-state index contributed by atoms with van der Waals surface area (Å²) in [5.41, 5.74) is 0.285. The molecule has 0 radical (unpaired) electrons. The molecule has 0 aliphatic rings. The summed E-state index contributed by atoms with van der Waals surface area (Å²) >= 11 is 7.82. The quantitative estimate of drug-likeness (QED) is 0.624. The first-order valence-corrected chi connectivity index (χ1v) is 3.82. The number of halogens is 2. The van der Waals surface area contributed by atoms with Crippen molar-refractivity contribution < 1.29 is 4.11 Å². The normalized spacial score (nSPS) is 16.0. The second-order valence-electron chi connectivity index (χ2n) is 1.63. The van der Waals surface area contributed by atoms with Gasteiger partial charge in [0.05, 0.1) is 5.02 Å². The highest BCUT2D eigenvalue weighted by atomic mass is 127. The second-order valence-corrected chi connectivity index (χ2v) is 3.20. The highest BCUT2D eigenvalue weighted by Crippen LogP contribution is 2.18. The average molecular weight is 256 g/mol. The predicted molar refractivity (Wildman–Crippen MR) is 48.9 cm³/mol. The first-order chi connectivity index (χ1) is 5.41. The number of aryl methyl sites for hydroxylation is 1. The topological polar surface area (TPSA) is 0 Å². The third-order valence-corrected chi connectivity index (χ3v) is 2.49. The van der Waals surface area contributed by atoms with Crippen LogP contribution in [0.15, 0.2) is 18.2 Å². The van der Waals surface area contributed by atoms with Crippen LogP contribution in [-0.2, 0) is 0 Å². The molecule has 0 heterocycles. The lowest BCUT2D eigenvalue weighted by atomic mass is 10.2. The largest absolute Gasteiger partial charge is 0.0832 e. The summed E-state index contributed by atoms with van der Waals surface area (Å²) in [6.07, 6.45) is 0. The molecule has 0 aromatic heterocycles. The lowest BCUT2D eigenvalue weighted by Crippen LogP contribution is -1.74. The Morgan fingerprint density at radius 2 is 2.44 bits per heavy atom. The molecule has 0 spiro atoms. The van der Waals surface area contributed by atoms with Crippen molar-refractivity contribution in [2.24, 2.45) is 0 Å². The molecule has 0 saturated carbocycles. The summed E-state index contributed by atoms with van der Waals surface area (Å²) in [6.45, 7) is -2.06. The molecule has 2 heteroatoms. The van der Waals surface area contributed by atoms with Crippen molar-refractivity contribution in [3.63, 3.8) is 0 Å². The fourth-order valence-corrected chi connectivity index (χ4v) is 1.01. The Balaban J connectivity index is 3.14. The van der Waals surface area contributed by atoms with Crippen LogP contribution >= 0.6 is 34.2 Å². The molecule has 0 fully saturated rings. The highest BCUT2D eigenvalue weighted by Gasteiger charge is 1.93. The lowest BCUT2D eigenvalue weighted by Gasteiger charge is -1.94. The Morgan fingerprint density at radius 1 is 1.67 bits per heavy atom. The summed E-state index contributed by atoms with van der Waals surface area (Å²) in [5.74, 6) is 0. The third kappa shape index (κ3) is 1.83. The van der Waals surface area contributed by atoms with E-state index in [0.29, 0.717) is 5.02 Å². The van der Waals surface area contributed by atoms with Gasteiger partial charge in [0, 0.05) is 7.68 Å². The summed E-state index contributed by atoms with van der Waals surface area (Å²) in [5, 5.41) is 0.490. The monoisotopic (exact) mass is 255 g/mol. The minimum atomic E-state index is -2.06. The predicted octanol–water partition coefficient (Wildman–Crippen LogP) is 3.25. The first-order valence-electron chi connectivity index (χ1n) is 3.87. The molecule has 0 aliphatic heterocycles. The van der Waals surface area contributed by atoms with Gasteiger partial charge in [-0.05, 0) is 47.1 Å². The van der Waals surface area contributed by atoms with E-state index in [-0.39, 0.29) is 5.56 Å². The standard InChI is InChI=1S/C7H6ClI/c1-5-2-3-7(9)6(8)4-5/h2-4H,1H3/i1D3. The van der Waals surface area contributed by atoms with Gasteiger partial charge >= 0.3 is 0 Å². The third-order valence-electron chi connectivity index (χ3n) is 0.920. The van der Waals surface area contributed by atoms with Crippen LogP contribution in [0.3, 0.4) is 0 Å². The van der Waals surface area contributed by atoms with Gasteiger partial charge in [-0.1, -0.05) is 17.7 Å². The highest BCUT2D eigenvalue weighted by molar-refractivity contribution is 14.1. The maximum atomic E-state index is 7.11. The molecule has 0 aliphatic carbocycles. The fraction of sp³-hybridized carbons (Fsp3) is 0.143. The van der Waals surface area contributed by atoms with Gasteiger partial charge in [0.25, 0.3) is 0 Å². The molecule has 1 rings (SSSR count). The van der Waals surface area contributed by atoms with Crippen molar-refractivity contribution in [3.05, 3.63) is 32.4 Å². The summed E-state index contributed by atoms with van der Waals surface area (Å²) in [7, 11) is 0. The van der Waals surface area contributed by atoms with Gasteiger partial charge < -0.3 is 0 Å². The minimum Gasteiger partial charge on any atom is -0.0832 e. The number of rotatable bonds is 0. The van der Waals surface area contributed by atoms with Crippen LogP contribution < -0.4 is 0 Å². The van der Waals surface area contributed by atoms with E-state index in [4.69, 9.17) is 15.7 Å². The zero-order valence-electron chi connectivity index (χ0n) is 7.49. The van der Waals surface area contributed by atoms with Crippen molar-refractivity contribution >= 4 is 34.2 Å². The summed E-state index contributed by atoms with van der Waals surface area (Å²) in [4.78, 5) is 0. The number of hydrogen-bond acceptors (Lipinski definition) is 0. The lowest BCUT2D eigenvalue weighted by molar-refractivity contribution is 1.46. The van der Waals surface area contributed by atoms with E-state index in [2.05, 4.69) is 22.6 Å². The first kappa shape index (κ1) is 4.19. The Bertz CT molecular complexity index is 295. The van der Waals surface area contributed by atoms with Gasteiger partial charge in [-0.2, -0.15) is 0 Å². The molecule has 0 amide bonds. The SMILES string of the molecule is [2H]C([2H])([2H])c1ccc(I)c(Cl)c1. The van der Waals surface area contributed by atoms with Crippen molar-refractivity contribution in [2.45, 2.75) is 6.85 Å². The molecule has 1 aromatic rings. The van der Waals surface area contributed by atoms with Crippen molar-refractivity contribution in [2.75, 3.05) is 0 Å². The zero-order valence-corrected chi connectivity index (χ0v) is 7.40. The van der Waals surface area contributed by atoms with E-state index in [1.807, 2.05) is 0 Å². The van der Waals surface area contributed by atoms with Crippen LogP contribution in [0.1, 0.15) is 9.68 Å². The molecule has 0 saturated heterocycles. The number of benzene rings is 1. The van der Waals surface area contributed by atoms with Gasteiger partial charge in [0.15, 0.2) is 0 Å². The maximum absolute atomic E-state index is 7.11. The van der Waals surface area contributed by atoms with Gasteiger partial charge in [-0.15, -0.1) is 0 Å². The van der Waals surface area contributed by atoms with Crippen LogP contribution in [0.4, 0.5) is 0 Å². The smallest absolute Gasteiger partial charge is 0.0542 e. The number of hydrogen-bond donors (Lipinski definition) is 0. The van der Waals surface area contributed by atoms with E-state index in [0.717, 1.165) is 3.57 Å². The van der Waals surface area contributed by atoms with Crippen LogP contribution in [0, 0.1) is 10.4 Å². The van der Waals surface area contributed by atoms with Crippen molar-refractivity contribution in [1.29, 1.82) is 0 Å². The van der Waals surface area contributed by atoms with Gasteiger partial charge in [-0.3, -0.25) is 0 Å². The minimum absolute atomic E-state index is 0.285. The Kier molecular flexibility index (Phi) is 1.34. The maximum Gasteiger partial charge on any atom is 0.0542 e. The van der Waals surface area contributed by atoms with Gasteiger partial charge in [0.1, 0.15) is 0 Å². The Hall–Kier alpha value is 0.240. The molecule has 1 aromatic carbocycles. The second kappa shape index (κ2) is 2.88. The van der Waals surface area contributed by atoms with Crippen molar-refractivity contribution in [3.8, 4) is 0 Å². The Morgan fingerprint density at radius 3 is 3.00 bits per heavy atom. The molecular weight excluding hydrogens is 246 g/mol.